The molecule has 0 atom stereocenters. The molecule has 6 nitrogen and oxygen atoms in total. The molecule has 196 valence electrons. The maximum Gasteiger partial charge on any atom is 0.335 e. The van der Waals surface area contributed by atoms with Crippen LogP contribution in [0.15, 0.2) is 75.6 Å². The third-order valence-electron chi connectivity index (χ3n) is 4.67. The smallest absolute Gasteiger partial charge is 0.335 e. The Balaban J connectivity index is 0. The predicted molar refractivity (Wildman–Crippen MR) is 152 cm³/mol. The quantitative estimate of drug-likeness (QED) is 0.0996. The lowest BCUT2D eigenvalue weighted by molar-refractivity contribution is -0.133. The van der Waals surface area contributed by atoms with Gasteiger partial charge in [-0.25, -0.2) is 9.59 Å². The van der Waals surface area contributed by atoms with Crippen molar-refractivity contribution in [2.45, 2.75) is 67.2 Å². The fraction of sp³-hybridized carbons (Fsp3) is 0.464. The summed E-state index contributed by atoms with van der Waals surface area (Å²) in [5, 5.41) is 20.6. The summed E-state index contributed by atoms with van der Waals surface area (Å²) >= 11 is 1.42. The molecule has 2 N–H and O–H groups in total. The molecule has 0 aromatic heterocycles. The highest BCUT2D eigenvalue weighted by atomic mass is 32.2. The van der Waals surface area contributed by atoms with Gasteiger partial charge in [0.05, 0.1) is 11.4 Å². The molecule has 0 aliphatic rings. The first-order chi connectivity index (χ1) is 16.7. The molecule has 7 heteroatoms. The van der Waals surface area contributed by atoms with Crippen molar-refractivity contribution in [2.24, 2.45) is 4.99 Å². The van der Waals surface area contributed by atoms with Gasteiger partial charge in [0, 0.05) is 38.0 Å². The Kier molecular flexibility index (Phi) is 21.3. The number of thioether (sulfide) groups is 1. The van der Waals surface area contributed by atoms with Crippen LogP contribution in [-0.4, -0.2) is 52.5 Å². The van der Waals surface area contributed by atoms with Crippen LogP contribution in [0.2, 0.25) is 0 Å². The minimum atomic E-state index is -1.03. The monoisotopic (exact) mass is 504 g/mol. The van der Waals surface area contributed by atoms with Crippen molar-refractivity contribution in [1.29, 1.82) is 0 Å². The van der Waals surface area contributed by atoms with Crippen LogP contribution in [0, 0.1) is 0 Å². The number of nitrogens with zero attached hydrogens (tertiary/aromatic N) is 2. The van der Waals surface area contributed by atoms with E-state index in [1.165, 1.54) is 23.9 Å². The molecule has 0 aromatic rings. The van der Waals surface area contributed by atoms with E-state index in [1.54, 1.807) is 17.6 Å². The number of carboxylic acids is 2. The summed E-state index contributed by atoms with van der Waals surface area (Å²) in [6.45, 7) is 20.6. The average Bonchev–Trinajstić information content (AvgIpc) is 2.84. The minimum Gasteiger partial charge on any atom is -0.478 e. The molecule has 0 fully saturated rings. The molecular weight excluding hydrogens is 460 g/mol. The van der Waals surface area contributed by atoms with E-state index < -0.39 is 11.9 Å². The molecule has 0 saturated carbocycles. The van der Waals surface area contributed by atoms with Crippen LogP contribution in [0.25, 0.3) is 0 Å². The van der Waals surface area contributed by atoms with Gasteiger partial charge < -0.3 is 15.1 Å². The molecule has 0 rings (SSSR count). The molecule has 0 spiro atoms. The highest BCUT2D eigenvalue weighted by Crippen LogP contribution is 2.24. The lowest BCUT2D eigenvalue weighted by atomic mass is 10.1. The number of carbonyl (C=O) groups is 2. The van der Waals surface area contributed by atoms with Crippen molar-refractivity contribution in [1.82, 2.24) is 4.90 Å². The highest BCUT2D eigenvalue weighted by Gasteiger charge is 2.14. The Morgan fingerprint density at radius 1 is 1.09 bits per heavy atom. The van der Waals surface area contributed by atoms with Crippen molar-refractivity contribution in [3.05, 3.63) is 70.6 Å². The van der Waals surface area contributed by atoms with E-state index in [4.69, 9.17) is 0 Å². The van der Waals surface area contributed by atoms with E-state index in [0.717, 1.165) is 35.6 Å². The number of rotatable bonds is 16. The maximum absolute atomic E-state index is 11.9. The molecule has 0 aliphatic heterocycles. The second-order valence-corrected chi connectivity index (χ2v) is 8.36. The van der Waals surface area contributed by atoms with Gasteiger partial charge in [-0.15, -0.1) is 11.8 Å². The Labute approximate surface area is 216 Å². The first-order valence-electron chi connectivity index (χ1n) is 12.1. The standard InChI is InChI=1S/C26H38N2O4S.C2H6/c1-7-12-13-24(27-10-4)28(19-20(6)14-15-21(8-2)25(29)30)17-16-22(26(31)32)18-23(9-3)33-11-5;1-2/h8-9,11,14-16H,2,5,7,10,12-13,17-19H2,1,3-4,6H3,(H,29,30)(H,31,32);1-2H3/b20-14+,21-15+,22-16+,23-9-,27-24?;. The summed E-state index contributed by atoms with van der Waals surface area (Å²) in [5.74, 6) is -1.06. The summed E-state index contributed by atoms with van der Waals surface area (Å²) < 4.78 is 0. The number of amidine groups is 1. The van der Waals surface area contributed by atoms with Crippen molar-refractivity contribution in [2.75, 3.05) is 19.6 Å². The summed E-state index contributed by atoms with van der Waals surface area (Å²) in [5.41, 5.74) is 1.36. The van der Waals surface area contributed by atoms with Gasteiger partial charge in [0.2, 0.25) is 0 Å². The third kappa shape index (κ3) is 15.7. The van der Waals surface area contributed by atoms with Gasteiger partial charge in [-0.2, -0.15) is 0 Å². The Hall–Kier alpha value is -2.80. The zero-order valence-electron chi connectivity index (χ0n) is 22.3. The van der Waals surface area contributed by atoms with Crippen LogP contribution in [0.5, 0.6) is 0 Å². The number of hydrogen-bond donors (Lipinski definition) is 2. The number of aliphatic imine (C=N–C) groups is 1. The van der Waals surface area contributed by atoms with Crippen LogP contribution in [-0.2, 0) is 9.59 Å². The van der Waals surface area contributed by atoms with Crippen LogP contribution < -0.4 is 0 Å². The molecule has 0 aliphatic carbocycles. The van der Waals surface area contributed by atoms with E-state index in [-0.39, 0.29) is 5.57 Å². The normalized spacial score (nSPS) is 13.0. The predicted octanol–water partition coefficient (Wildman–Crippen LogP) is 7.25. The lowest BCUT2D eigenvalue weighted by Crippen LogP contribution is -2.33. The van der Waals surface area contributed by atoms with E-state index in [2.05, 4.69) is 30.0 Å². The van der Waals surface area contributed by atoms with Crippen molar-refractivity contribution in [3.63, 3.8) is 0 Å². The summed E-state index contributed by atoms with van der Waals surface area (Å²) in [6.07, 6.45) is 11.3. The number of unbranched alkanes of at least 4 members (excludes halogenated alkanes) is 1. The molecule has 0 unspecified atom stereocenters. The molecule has 0 saturated heterocycles. The van der Waals surface area contributed by atoms with Crippen molar-refractivity contribution in [3.8, 4) is 0 Å². The van der Waals surface area contributed by atoms with Gasteiger partial charge in [0.1, 0.15) is 0 Å². The molecule has 0 radical (unpaired) electrons. The van der Waals surface area contributed by atoms with E-state index >= 15 is 0 Å². The lowest BCUT2D eigenvalue weighted by Gasteiger charge is -2.26. The first kappa shape index (κ1) is 34.4. The second kappa shape index (κ2) is 21.7. The number of hydrogen-bond acceptors (Lipinski definition) is 4. The van der Waals surface area contributed by atoms with Gasteiger partial charge in [-0.1, -0.05) is 70.2 Å². The topological polar surface area (TPSA) is 90.2 Å². The van der Waals surface area contributed by atoms with Crippen molar-refractivity contribution >= 4 is 29.5 Å². The third-order valence-corrected chi connectivity index (χ3v) is 5.52. The van der Waals surface area contributed by atoms with Crippen LogP contribution in [0.1, 0.15) is 67.2 Å². The minimum absolute atomic E-state index is 0.112. The van der Waals surface area contributed by atoms with Gasteiger partial charge in [0.15, 0.2) is 0 Å². The molecule has 0 heterocycles. The number of allylic oxidation sites excluding steroid dienone is 4. The fourth-order valence-corrected chi connectivity index (χ4v) is 3.48. The van der Waals surface area contributed by atoms with Gasteiger partial charge in [0.25, 0.3) is 0 Å². The van der Waals surface area contributed by atoms with Gasteiger partial charge in [-0.3, -0.25) is 4.99 Å². The van der Waals surface area contributed by atoms with Crippen molar-refractivity contribution < 1.29 is 19.8 Å². The SMILES string of the molecule is C=CS/C(=C\C)C/C(=C\CN(C/C(C)=C/C=C(\C=C)C(=O)O)C(CCCC)=NCC)C(=O)O.CC. The molecule has 0 amide bonds. The number of aliphatic carboxylic acids is 2. The zero-order chi connectivity index (χ0) is 27.2. The largest absolute Gasteiger partial charge is 0.478 e. The highest BCUT2D eigenvalue weighted by molar-refractivity contribution is 8.05. The number of carboxylic acid groups (broad SMARTS) is 2. The summed E-state index contributed by atoms with van der Waals surface area (Å²) in [6, 6.07) is 0. The molecule has 0 bridgehead atoms. The van der Waals surface area contributed by atoms with Crippen LogP contribution >= 0.6 is 11.8 Å². The maximum atomic E-state index is 11.9. The molecule has 35 heavy (non-hydrogen) atoms. The Bertz CT molecular complexity index is 836. The zero-order valence-corrected chi connectivity index (χ0v) is 23.2. The Morgan fingerprint density at radius 3 is 2.20 bits per heavy atom. The first-order valence-corrected chi connectivity index (χ1v) is 13.0. The molecular formula is C28H44N2O4S. The molecule has 0 aromatic carbocycles. The van der Waals surface area contributed by atoms with E-state index in [0.29, 0.717) is 31.6 Å². The second-order valence-electron chi connectivity index (χ2n) is 7.27. The average molecular weight is 505 g/mol. The summed E-state index contributed by atoms with van der Waals surface area (Å²) in [4.78, 5) is 30.7. The van der Waals surface area contributed by atoms with Crippen LogP contribution in [0.3, 0.4) is 0 Å². The van der Waals surface area contributed by atoms with Crippen LogP contribution in [0.4, 0.5) is 0 Å². The Morgan fingerprint density at radius 2 is 1.74 bits per heavy atom. The van der Waals surface area contributed by atoms with E-state index in [1.807, 2.05) is 40.7 Å². The fourth-order valence-electron chi connectivity index (χ4n) is 2.89. The van der Waals surface area contributed by atoms with Gasteiger partial charge >= 0.3 is 11.9 Å². The van der Waals surface area contributed by atoms with E-state index in [9.17, 15) is 19.8 Å². The van der Waals surface area contributed by atoms with Gasteiger partial charge in [-0.05, 0) is 43.6 Å². The summed E-state index contributed by atoms with van der Waals surface area (Å²) in [7, 11) is 0.